The number of nitrogens with zero attached hydrogens (tertiary/aromatic N) is 3. The number of amides is 4. The van der Waals surface area contributed by atoms with Crippen LogP contribution in [0.4, 0.5) is 4.79 Å². The number of piperidine rings is 1. The second kappa shape index (κ2) is 10.5. The summed E-state index contributed by atoms with van der Waals surface area (Å²) in [5.74, 6) is -0.0185. The zero-order valence-electron chi connectivity index (χ0n) is 19.2. The summed E-state index contributed by atoms with van der Waals surface area (Å²) < 4.78 is 0. The molecule has 0 spiro atoms. The maximum absolute atomic E-state index is 13.4. The molecule has 0 aromatic heterocycles. The Bertz CT molecular complexity index is 958. The van der Waals surface area contributed by atoms with Crippen LogP contribution < -0.4 is 5.32 Å². The molecule has 0 saturated carbocycles. The number of urea groups is 1. The second-order valence-electron chi connectivity index (χ2n) is 8.92. The smallest absolute Gasteiger partial charge is 0.317 e. The topological polar surface area (TPSA) is 73.0 Å². The first kappa shape index (κ1) is 22.8. The fraction of sp³-hybridized carbons (Fsp3) is 0.423. The van der Waals surface area contributed by atoms with Gasteiger partial charge in [0.15, 0.2) is 0 Å². The summed E-state index contributed by atoms with van der Waals surface area (Å²) in [6.45, 7) is 5.25. The minimum Gasteiger partial charge on any atom is -0.339 e. The predicted octanol–water partition coefficient (Wildman–Crippen LogP) is 2.69. The van der Waals surface area contributed by atoms with Crippen molar-refractivity contribution in [1.29, 1.82) is 0 Å². The summed E-state index contributed by atoms with van der Waals surface area (Å²) in [5.41, 5.74) is 2.19. The Hall–Kier alpha value is -3.35. The number of benzene rings is 2. The number of hydrogen-bond donors (Lipinski definition) is 1. The van der Waals surface area contributed by atoms with Gasteiger partial charge in [0, 0.05) is 58.7 Å². The van der Waals surface area contributed by atoms with Gasteiger partial charge in [-0.05, 0) is 17.5 Å². The van der Waals surface area contributed by atoms with Crippen molar-refractivity contribution in [1.82, 2.24) is 20.0 Å². The third-order valence-corrected chi connectivity index (χ3v) is 6.68. The van der Waals surface area contributed by atoms with E-state index in [1.807, 2.05) is 53.4 Å². The Kier molecular flexibility index (Phi) is 7.27. The SMILES string of the molecule is CC(=O)N1CCN(C(=O)C2CC(c3ccccc3)CN(C(=O)NCc3ccccc3)C2)CC1. The molecular formula is C26H32N4O3. The Balaban J connectivity index is 1.45. The summed E-state index contributed by atoms with van der Waals surface area (Å²) >= 11 is 0. The van der Waals surface area contributed by atoms with Crippen LogP contribution in [0.15, 0.2) is 60.7 Å². The molecule has 33 heavy (non-hydrogen) atoms. The molecule has 2 fully saturated rings. The van der Waals surface area contributed by atoms with Crippen LogP contribution in [0.5, 0.6) is 0 Å². The quantitative estimate of drug-likeness (QED) is 0.782. The molecule has 2 aromatic carbocycles. The van der Waals surface area contributed by atoms with Crippen LogP contribution >= 0.6 is 0 Å². The summed E-state index contributed by atoms with van der Waals surface area (Å²) in [5, 5.41) is 3.02. The molecule has 2 unspecified atom stereocenters. The Morgan fingerprint density at radius 2 is 1.42 bits per heavy atom. The van der Waals surface area contributed by atoms with E-state index in [2.05, 4.69) is 17.4 Å². The van der Waals surface area contributed by atoms with Crippen molar-refractivity contribution in [3.63, 3.8) is 0 Å². The van der Waals surface area contributed by atoms with E-state index in [-0.39, 0.29) is 29.7 Å². The lowest BCUT2D eigenvalue weighted by atomic mass is 9.84. The van der Waals surface area contributed by atoms with Gasteiger partial charge in [0.05, 0.1) is 5.92 Å². The highest BCUT2D eigenvalue weighted by Gasteiger charge is 2.37. The molecule has 2 aromatic rings. The lowest BCUT2D eigenvalue weighted by molar-refractivity contribution is -0.142. The van der Waals surface area contributed by atoms with E-state index in [1.165, 1.54) is 0 Å². The van der Waals surface area contributed by atoms with Gasteiger partial charge in [0.1, 0.15) is 0 Å². The summed E-state index contributed by atoms with van der Waals surface area (Å²) in [6.07, 6.45) is 0.720. The highest BCUT2D eigenvalue weighted by Crippen LogP contribution is 2.31. The fourth-order valence-corrected chi connectivity index (χ4v) is 4.80. The molecule has 4 amide bonds. The van der Waals surface area contributed by atoms with Gasteiger partial charge in [-0.25, -0.2) is 4.79 Å². The number of piperazine rings is 1. The van der Waals surface area contributed by atoms with Gasteiger partial charge in [-0.1, -0.05) is 60.7 Å². The number of nitrogens with one attached hydrogen (secondary N) is 1. The summed E-state index contributed by atoms with van der Waals surface area (Å²) in [7, 11) is 0. The van der Waals surface area contributed by atoms with Crippen molar-refractivity contribution in [3.05, 3.63) is 71.8 Å². The van der Waals surface area contributed by atoms with E-state index in [0.717, 1.165) is 17.5 Å². The minimum atomic E-state index is -0.254. The second-order valence-corrected chi connectivity index (χ2v) is 8.92. The normalized spacial score (nSPS) is 20.9. The highest BCUT2D eigenvalue weighted by atomic mass is 16.2. The molecule has 2 aliphatic rings. The van der Waals surface area contributed by atoms with Crippen LogP contribution in [0, 0.1) is 5.92 Å². The van der Waals surface area contributed by atoms with Gasteiger partial charge >= 0.3 is 6.03 Å². The number of carbonyl (C=O) groups excluding carboxylic acids is 3. The molecule has 7 nitrogen and oxygen atoms in total. The lowest BCUT2D eigenvalue weighted by Crippen LogP contribution is -2.55. The summed E-state index contributed by atoms with van der Waals surface area (Å²) in [4.78, 5) is 43.5. The van der Waals surface area contributed by atoms with E-state index >= 15 is 0 Å². The predicted molar refractivity (Wildman–Crippen MR) is 126 cm³/mol. The maximum atomic E-state index is 13.4. The monoisotopic (exact) mass is 448 g/mol. The van der Waals surface area contributed by atoms with Gasteiger partial charge in [-0.3, -0.25) is 9.59 Å². The molecule has 0 radical (unpaired) electrons. The fourth-order valence-electron chi connectivity index (χ4n) is 4.80. The number of carbonyl (C=O) groups is 3. The number of likely N-dealkylation sites (tertiary alicyclic amines) is 1. The van der Waals surface area contributed by atoms with E-state index in [0.29, 0.717) is 45.8 Å². The lowest BCUT2D eigenvalue weighted by Gasteiger charge is -2.41. The Morgan fingerprint density at radius 3 is 2.06 bits per heavy atom. The minimum absolute atomic E-state index is 0.0465. The Labute approximate surface area is 195 Å². The molecule has 174 valence electrons. The van der Waals surface area contributed by atoms with Crippen molar-refractivity contribution in [2.24, 2.45) is 5.92 Å². The third-order valence-electron chi connectivity index (χ3n) is 6.68. The zero-order valence-corrected chi connectivity index (χ0v) is 19.2. The van der Waals surface area contributed by atoms with Crippen LogP contribution in [0.3, 0.4) is 0 Å². The van der Waals surface area contributed by atoms with E-state index in [1.54, 1.807) is 16.7 Å². The molecule has 7 heteroatoms. The van der Waals surface area contributed by atoms with Crippen LogP contribution in [0.2, 0.25) is 0 Å². The molecule has 2 aliphatic heterocycles. The van der Waals surface area contributed by atoms with E-state index < -0.39 is 0 Å². The molecule has 2 atom stereocenters. The van der Waals surface area contributed by atoms with Crippen LogP contribution in [-0.2, 0) is 16.1 Å². The van der Waals surface area contributed by atoms with Crippen molar-refractivity contribution in [2.75, 3.05) is 39.3 Å². The molecule has 4 rings (SSSR count). The largest absolute Gasteiger partial charge is 0.339 e. The Morgan fingerprint density at radius 1 is 0.818 bits per heavy atom. The van der Waals surface area contributed by atoms with Crippen molar-refractivity contribution in [3.8, 4) is 0 Å². The first-order chi connectivity index (χ1) is 16.0. The average Bonchev–Trinajstić information content (AvgIpc) is 2.87. The van der Waals surface area contributed by atoms with Gasteiger partial charge in [-0.15, -0.1) is 0 Å². The van der Waals surface area contributed by atoms with Gasteiger partial charge in [0.25, 0.3) is 0 Å². The van der Waals surface area contributed by atoms with Gasteiger partial charge in [-0.2, -0.15) is 0 Å². The molecule has 0 aliphatic carbocycles. The molecule has 0 bridgehead atoms. The maximum Gasteiger partial charge on any atom is 0.317 e. The van der Waals surface area contributed by atoms with E-state index in [4.69, 9.17) is 0 Å². The van der Waals surface area contributed by atoms with Crippen molar-refractivity contribution < 1.29 is 14.4 Å². The van der Waals surface area contributed by atoms with Gasteiger partial charge < -0.3 is 20.0 Å². The van der Waals surface area contributed by atoms with Crippen molar-refractivity contribution >= 4 is 17.8 Å². The first-order valence-electron chi connectivity index (χ1n) is 11.7. The zero-order chi connectivity index (χ0) is 23.2. The molecule has 2 heterocycles. The van der Waals surface area contributed by atoms with Crippen molar-refractivity contribution in [2.45, 2.75) is 25.8 Å². The average molecular weight is 449 g/mol. The summed E-state index contributed by atoms with van der Waals surface area (Å²) in [6, 6.07) is 19.8. The molecule has 2 saturated heterocycles. The number of rotatable bonds is 4. The van der Waals surface area contributed by atoms with Crippen LogP contribution in [0.25, 0.3) is 0 Å². The standard InChI is InChI=1S/C26H32N4O3/c1-20(31)28-12-14-29(15-13-28)25(32)24-16-23(22-10-6-3-7-11-22)18-30(19-24)26(33)27-17-21-8-4-2-5-9-21/h2-11,23-24H,12-19H2,1H3,(H,27,33). The van der Waals surface area contributed by atoms with Crippen LogP contribution in [0.1, 0.15) is 30.4 Å². The molecular weight excluding hydrogens is 416 g/mol. The number of hydrogen-bond acceptors (Lipinski definition) is 3. The first-order valence-corrected chi connectivity index (χ1v) is 11.7. The third kappa shape index (κ3) is 5.72. The van der Waals surface area contributed by atoms with Crippen LogP contribution in [-0.4, -0.2) is 71.8 Å². The molecule has 1 N–H and O–H groups in total. The van der Waals surface area contributed by atoms with E-state index in [9.17, 15) is 14.4 Å². The van der Waals surface area contributed by atoms with Gasteiger partial charge in [0.2, 0.25) is 11.8 Å². The highest BCUT2D eigenvalue weighted by molar-refractivity contribution is 5.82.